The first kappa shape index (κ1) is 12.7. The van der Waals surface area contributed by atoms with Crippen molar-refractivity contribution in [3.8, 4) is 11.4 Å². The molecule has 0 atom stereocenters. The van der Waals surface area contributed by atoms with Gasteiger partial charge in [-0.25, -0.2) is 9.97 Å². The van der Waals surface area contributed by atoms with Gasteiger partial charge in [0.05, 0.1) is 5.52 Å². The van der Waals surface area contributed by atoms with E-state index in [1.165, 1.54) is 12.8 Å². The zero-order valence-electron chi connectivity index (χ0n) is 11.7. The third kappa shape index (κ3) is 2.49. The highest BCUT2D eigenvalue weighted by molar-refractivity contribution is 6.29. The average molecular weight is 296 g/mol. The number of aromatic nitrogens is 3. The number of rotatable bonds is 2. The average Bonchev–Trinajstić information content (AvgIpc) is 3.30. The quantitative estimate of drug-likeness (QED) is 0.652. The van der Waals surface area contributed by atoms with Gasteiger partial charge in [-0.05, 0) is 50.1 Å². The summed E-state index contributed by atoms with van der Waals surface area (Å²) in [4.78, 5) is 13.6. The monoisotopic (exact) mass is 295 g/mol. The largest absolute Gasteiger partial charge is 0.253 e. The van der Waals surface area contributed by atoms with Gasteiger partial charge < -0.3 is 0 Å². The van der Waals surface area contributed by atoms with Crippen molar-refractivity contribution in [2.75, 3.05) is 0 Å². The number of aryl methyl sites for hydroxylation is 1. The lowest BCUT2D eigenvalue weighted by Gasteiger charge is -2.06. The molecule has 1 saturated carbocycles. The van der Waals surface area contributed by atoms with E-state index in [0.29, 0.717) is 16.9 Å². The van der Waals surface area contributed by atoms with E-state index in [4.69, 9.17) is 11.6 Å². The van der Waals surface area contributed by atoms with Crippen LogP contribution < -0.4 is 0 Å². The summed E-state index contributed by atoms with van der Waals surface area (Å²) in [6.07, 6.45) is 2.40. The molecule has 2 aromatic heterocycles. The van der Waals surface area contributed by atoms with Crippen LogP contribution >= 0.6 is 11.6 Å². The van der Waals surface area contributed by atoms with Crippen LogP contribution in [-0.2, 0) is 0 Å². The summed E-state index contributed by atoms with van der Waals surface area (Å²) in [5, 5.41) is 1.61. The molecule has 3 nitrogen and oxygen atoms in total. The topological polar surface area (TPSA) is 38.7 Å². The van der Waals surface area contributed by atoms with Gasteiger partial charge in [0.1, 0.15) is 5.15 Å². The molecule has 1 fully saturated rings. The Bertz CT molecular complexity index is 841. The van der Waals surface area contributed by atoms with Crippen LogP contribution in [0.5, 0.6) is 0 Å². The third-order valence-corrected chi connectivity index (χ3v) is 3.99. The van der Waals surface area contributed by atoms with Crippen LogP contribution in [0.1, 0.15) is 30.1 Å². The normalized spacial score (nSPS) is 14.6. The molecule has 0 unspecified atom stereocenters. The van der Waals surface area contributed by atoms with Crippen molar-refractivity contribution in [1.29, 1.82) is 0 Å². The van der Waals surface area contributed by atoms with Crippen LogP contribution in [0.2, 0.25) is 5.15 Å². The second kappa shape index (κ2) is 4.78. The second-order valence-electron chi connectivity index (χ2n) is 5.57. The lowest BCUT2D eigenvalue weighted by molar-refractivity contribution is 0.994. The fourth-order valence-corrected chi connectivity index (χ4v) is 2.71. The van der Waals surface area contributed by atoms with E-state index in [1.54, 1.807) is 0 Å². The fourth-order valence-electron chi connectivity index (χ4n) is 2.52. The Labute approximate surface area is 128 Å². The molecule has 1 aromatic carbocycles. The number of fused-ring (bicyclic) bond motifs is 1. The molecule has 0 spiro atoms. The first-order chi connectivity index (χ1) is 10.2. The lowest BCUT2D eigenvalue weighted by atomic mass is 10.1. The number of benzene rings is 1. The van der Waals surface area contributed by atoms with Crippen LogP contribution in [0.4, 0.5) is 0 Å². The summed E-state index contributed by atoms with van der Waals surface area (Å²) in [6, 6.07) is 12.1. The summed E-state index contributed by atoms with van der Waals surface area (Å²) in [6.45, 7) is 2.00. The molecule has 21 heavy (non-hydrogen) atoms. The van der Waals surface area contributed by atoms with Crippen molar-refractivity contribution >= 4 is 22.5 Å². The number of nitrogens with zero attached hydrogens (tertiary/aromatic N) is 3. The highest BCUT2D eigenvalue weighted by Crippen LogP contribution is 2.40. The fraction of sp³-hybridized carbons (Fsp3) is 0.235. The Balaban J connectivity index is 1.83. The van der Waals surface area contributed by atoms with E-state index in [-0.39, 0.29) is 0 Å². The molecule has 0 N–H and O–H groups in total. The lowest BCUT2D eigenvalue weighted by Crippen LogP contribution is -1.95. The van der Waals surface area contributed by atoms with E-state index in [0.717, 1.165) is 27.9 Å². The van der Waals surface area contributed by atoms with Crippen molar-refractivity contribution in [2.45, 2.75) is 25.7 Å². The standard InChI is InChI=1S/C17H14ClN3/c1-10-2-3-12-8-13(6-7-14(12)19-10)17-20-15(11-4-5-11)9-16(18)21-17/h2-3,6-9,11H,4-5H2,1H3. The Hall–Kier alpha value is -2.00. The zero-order valence-corrected chi connectivity index (χ0v) is 12.4. The molecule has 3 aromatic rings. The summed E-state index contributed by atoms with van der Waals surface area (Å²) in [7, 11) is 0. The van der Waals surface area contributed by atoms with Crippen molar-refractivity contribution in [3.05, 3.63) is 52.9 Å². The Morgan fingerprint density at radius 2 is 1.86 bits per heavy atom. The molecule has 0 bridgehead atoms. The molecular formula is C17H14ClN3. The minimum atomic E-state index is 0.518. The molecule has 4 rings (SSSR count). The molecule has 104 valence electrons. The zero-order chi connectivity index (χ0) is 14.4. The first-order valence-electron chi connectivity index (χ1n) is 7.11. The molecule has 0 radical (unpaired) electrons. The summed E-state index contributed by atoms with van der Waals surface area (Å²) in [5.41, 5.74) is 4.05. The molecular weight excluding hydrogens is 282 g/mol. The minimum Gasteiger partial charge on any atom is -0.253 e. The van der Waals surface area contributed by atoms with Gasteiger partial charge in [-0.1, -0.05) is 17.7 Å². The number of hydrogen-bond donors (Lipinski definition) is 0. The summed E-state index contributed by atoms with van der Waals surface area (Å²) < 4.78 is 0. The predicted molar refractivity (Wildman–Crippen MR) is 84.5 cm³/mol. The van der Waals surface area contributed by atoms with Gasteiger partial charge >= 0.3 is 0 Å². The molecule has 0 amide bonds. The van der Waals surface area contributed by atoms with Gasteiger partial charge in [0, 0.05) is 28.3 Å². The first-order valence-corrected chi connectivity index (χ1v) is 7.49. The van der Waals surface area contributed by atoms with Gasteiger partial charge in [-0.2, -0.15) is 0 Å². The van der Waals surface area contributed by atoms with Crippen LogP contribution in [0.3, 0.4) is 0 Å². The van der Waals surface area contributed by atoms with Crippen LogP contribution in [0, 0.1) is 6.92 Å². The molecule has 1 aliphatic carbocycles. The van der Waals surface area contributed by atoms with E-state index in [1.807, 2.05) is 31.2 Å². The SMILES string of the molecule is Cc1ccc2cc(-c3nc(Cl)cc(C4CC4)n3)ccc2n1. The van der Waals surface area contributed by atoms with Crippen molar-refractivity contribution in [3.63, 3.8) is 0 Å². The van der Waals surface area contributed by atoms with E-state index in [9.17, 15) is 0 Å². The van der Waals surface area contributed by atoms with Crippen LogP contribution in [0.15, 0.2) is 36.4 Å². The number of halogens is 1. The molecule has 4 heteroatoms. The highest BCUT2D eigenvalue weighted by atomic mass is 35.5. The molecule has 0 aliphatic heterocycles. The molecule has 2 heterocycles. The Morgan fingerprint density at radius 1 is 1.00 bits per heavy atom. The van der Waals surface area contributed by atoms with Gasteiger partial charge in [-0.3, -0.25) is 4.98 Å². The molecule has 0 saturated heterocycles. The third-order valence-electron chi connectivity index (χ3n) is 3.80. The van der Waals surface area contributed by atoms with Gasteiger partial charge in [-0.15, -0.1) is 0 Å². The maximum atomic E-state index is 6.15. The highest BCUT2D eigenvalue weighted by Gasteiger charge is 2.26. The number of pyridine rings is 1. The van der Waals surface area contributed by atoms with E-state index < -0.39 is 0 Å². The Kier molecular flexibility index (Phi) is 2.89. The Morgan fingerprint density at radius 3 is 2.67 bits per heavy atom. The van der Waals surface area contributed by atoms with Gasteiger partial charge in [0.15, 0.2) is 5.82 Å². The summed E-state index contributed by atoms with van der Waals surface area (Å²) >= 11 is 6.15. The van der Waals surface area contributed by atoms with Crippen LogP contribution in [0.25, 0.3) is 22.3 Å². The van der Waals surface area contributed by atoms with E-state index >= 15 is 0 Å². The second-order valence-corrected chi connectivity index (χ2v) is 5.96. The number of hydrogen-bond acceptors (Lipinski definition) is 3. The maximum Gasteiger partial charge on any atom is 0.161 e. The smallest absolute Gasteiger partial charge is 0.161 e. The minimum absolute atomic E-state index is 0.518. The molecule has 1 aliphatic rings. The van der Waals surface area contributed by atoms with E-state index in [2.05, 4.69) is 27.1 Å². The van der Waals surface area contributed by atoms with Crippen molar-refractivity contribution in [1.82, 2.24) is 15.0 Å². The van der Waals surface area contributed by atoms with Gasteiger partial charge in [0.25, 0.3) is 0 Å². The van der Waals surface area contributed by atoms with Gasteiger partial charge in [0.2, 0.25) is 0 Å². The van der Waals surface area contributed by atoms with Crippen molar-refractivity contribution in [2.24, 2.45) is 0 Å². The summed E-state index contributed by atoms with van der Waals surface area (Å²) in [5.74, 6) is 1.26. The van der Waals surface area contributed by atoms with Crippen LogP contribution in [-0.4, -0.2) is 15.0 Å². The van der Waals surface area contributed by atoms with Crippen molar-refractivity contribution < 1.29 is 0 Å². The maximum absolute atomic E-state index is 6.15. The predicted octanol–water partition coefficient (Wildman–Crippen LogP) is 4.53.